The first-order chi connectivity index (χ1) is 19.3. The Morgan fingerprint density at radius 2 is 1.90 bits per heavy atom. The molecule has 2 aromatic rings. The summed E-state index contributed by atoms with van der Waals surface area (Å²) in [5.74, 6) is 6.02. The standard InChI is InChI=1S/C28H31N7O5/c1-4-33-9-11-34(12-10-33)24(29)19-13-23(40-3)22(30-15-19)7-8-28(26(37)31-27(38)32-28)17-35-16-18-5-6-20(39-2)14-21(18)25(35)36/h5-6,13-15,29H,4,9-12,16-17H2,1-3H3,(H2,31,32,37,38)/t28-/m1/s1. The zero-order valence-corrected chi connectivity index (χ0v) is 22.7. The number of piperazine rings is 1. The molecule has 0 aliphatic carbocycles. The molecule has 0 radical (unpaired) electrons. The van der Waals surface area contributed by atoms with Gasteiger partial charge in [0.2, 0.25) is 5.54 Å². The summed E-state index contributed by atoms with van der Waals surface area (Å²) >= 11 is 0. The summed E-state index contributed by atoms with van der Waals surface area (Å²) in [7, 11) is 3.00. The summed E-state index contributed by atoms with van der Waals surface area (Å²) in [5.41, 5.74) is 0.408. The largest absolute Gasteiger partial charge is 0.497 e. The number of urea groups is 1. The summed E-state index contributed by atoms with van der Waals surface area (Å²) < 4.78 is 10.7. The van der Waals surface area contributed by atoms with Crippen molar-refractivity contribution in [3.8, 4) is 23.3 Å². The summed E-state index contributed by atoms with van der Waals surface area (Å²) in [6.45, 7) is 6.48. The van der Waals surface area contributed by atoms with Crippen LogP contribution in [0.3, 0.4) is 0 Å². The van der Waals surface area contributed by atoms with Crippen molar-refractivity contribution in [2.24, 2.45) is 0 Å². The Morgan fingerprint density at radius 3 is 2.55 bits per heavy atom. The van der Waals surface area contributed by atoms with Gasteiger partial charge in [-0.25, -0.2) is 9.78 Å². The first kappa shape index (κ1) is 27.0. The van der Waals surface area contributed by atoms with E-state index in [0.29, 0.717) is 28.5 Å². The predicted molar refractivity (Wildman–Crippen MR) is 145 cm³/mol. The molecule has 12 nitrogen and oxygen atoms in total. The van der Waals surface area contributed by atoms with Crippen LogP contribution in [0.15, 0.2) is 30.5 Å². The van der Waals surface area contributed by atoms with Crippen LogP contribution < -0.4 is 20.1 Å². The number of benzene rings is 1. The average molecular weight is 546 g/mol. The fourth-order valence-electron chi connectivity index (χ4n) is 5.07. The number of imide groups is 1. The van der Waals surface area contributed by atoms with E-state index in [4.69, 9.17) is 14.9 Å². The van der Waals surface area contributed by atoms with E-state index in [0.717, 1.165) is 38.3 Å². The highest BCUT2D eigenvalue weighted by Gasteiger charge is 2.48. The number of nitrogens with one attached hydrogen (secondary N) is 3. The number of likely N-dealkylation sites (N-methyl/N-ethyl adjacent to an activating group) is 1. The number of rotatable bonds is 6. The van der Waals surface area contributed by atoms with E-state index < -0.39 is 17.5 Å². The number of fused-ring (bicyclic) bond motifs is 1. The Morgan fingerprint density at radius 1 is 1.12 bits per heavy atom. The highest BCUT2D eigenvalue weighted by molar-refractivity contribution is 6.10. The number of ether oxygens (including phenoxy) is 2. The molecule has 5 rings (SSSR count). The van der Waals surface area contributed by atoms with Crippen molar-refractivity contribution in [2.75, 3.05) is 53.5 Å². The number of hydrogen-bond donors (Lipinski definition) is 3. The highest BCUT2D eigenvalue weighted by Crippen LogP contribution is 2.28. The number of carbonyl (C=O) groups is 3. The second-order valence-corrected chi connectivity index (χ2v) is 9.79. The van der Waals surface area contributed by atoms with Crippen molar-refractivity contribution in [3.05, 3.63) is 52.8 Å². The summed E-state index contributed by atoms with van der Waals surface area (Å²) in [4.78, 5) is 48.5. The maximum Gasteiger partial charge on any atom is 0.323 e. The van der Waals surface area contributed by atoms with E-state index in [9.17, 15) is 14.4 Å². The Hall–Kier alpha value is -4.63. The number of methoxy groups -OCH3 is 2. The molecule has 0 unspecified atom stereocenters. The van der Waals surface area contributed by atoms with Crippen LogP contribution in [0.5, 0.6) is 11.5 Å². The number of carbonyl (C=O) groups excluding carboxylic acids is 3. The maximum atomic E-state index is 13.1. The molecule has 2 fully saturated rings. The Balaban J connectivity index is 1.39. The van der Waals surface area contributed by atoms with Gasteiger partial charge in [-0.05, 0) is 36.2 Å². The van der Waals surface area contributed by atoms with Gasteiger partial charge in [0.25, 0.3) is 11.8 Å². The molecule has 12 heteroatoms. The van der Waals surface area contributed by atoms with E-state index in [-0.39, 0.29) is 24.7 Å². The van der Waals surface area contributed by atoms with Crippen molar-refractivity contribution in [2.45, 2.75) is 19.0 Å². The van der Waals surface area contributed by atoms with E-state index in [1.807, 2.05) is 4.90 Å². The lowest BCUT2D eigenvalue weighted by molar-refractivity contribution is -0.122. The zero-order valence-electron chi connectivity index (χ0n) is 22.7. The second kappa shape index (κ2) is 10.9. The van der Waals surface area contributed by atoms with Crippen LogP contribution in [0, 0.1) is 17.3 Å². The van der Waals surface area contributed by atoms with Gasteiger partial charge in [-0.15, -0.1) is 0 Å². The van der Waals surface area contributed by atoms with Crippen LogP contribution in [-0.4, -0.2) is 102 Å². The molecule has 0 spiro atoms. The van der Waals surface area contributed by atoms with Crippen LogP contribution in [0.25, 0.3) is 0 Å². The van der Waals surface area contributed by atoms with Crippen molar-refractivity contribution in [3.63, 3.8) is 0 Å². The fraction of sp³-hybridized carbons (Fsp3) is 0.393. The van der Waals surface area contributed by atoms with Gasteiger partial charge in [0.1, 0.15) is 11.6 Å². The van der Waals surface area contributed by atoms with Crippen molar-refractivity contribution in [1.29, 1.82) is 5.41 Å². The van der Waals surface area contributed by atoms with Crippen LogP contribution in [0.4, 0.5) is 4.79 Å². The molecular weight excluding hydrogens is 514 g/mol. The van der Waals surface area contributed by atoms with Crippen LogP contribution >= 0.6 is 0 Å². The van der Waals surface area contributed by atoms with Gasteiger partial charge in [0.15, 0.2) is 11.4 Å². The van der Waals surface area contributed by atoms with Gasteiger partial charge in [-0.3, -0.25) is 20.3 Å². The average Bonchev–Trinajstić information content (AvgIpc) is 3.44. The maximum absolute atomic E-state index is 13.1. The smallest absolute Gasteiger partial charge is 0.323 e. The predicted octanol–water partition coefficient (Wildman–Crippen LogP) is 0.647. The lowest BCUT2D eigenvalue weighted by Gasteiger charge is -2.35. The lowest BCUT2D eigenvalue weighted by Crippen LogP contribution is -2.54. The molecule has 0 bridgehead atoms. The highest BCUT2D eigenvalue weighted by atomic mass is 16.5. The number of aromatic nitrogens is 1. The first-order valence-corrected chi connectivity index (χ1v) is 13.0. The van der Waals surface area contributed by atoms with Gasteiger partial charge in [0.05, 0.1) is 20.8 Å². The lowest BCUT2D eigenvalue weighted by atomic mass is 9.99. The molecular formula is C28H31N7O5. The molecule has 1 aromatic heterocycles. The Labute approximate surface area is 232 Å². The molecule has 4 heterocycles. The molecule has 4 amide bonds. The number of amides is 4. The minimum absolute atomic E-state index is 0.164. The number of amidine groups is 1. The second-order valence-electron chi connectivity index (χ2n) is 9.79. The van der Waals surface area contributed by atoms with Crippen molar-refractivity contribution >= 4 is 23.7 Å². The topological polar surface area (TPSA) is 140 Å². The van der Waals surface area contributed by atoms with Crippen molar-refractivity contribution < 1.29 is 23.9 Å². The molecule has 2 saturated heterocycles. The van der Waals surface area contributed by atoms with Crippen molar-refractivity contribution in [1.82, 2.24) is 30.3 Å². The van der Waals surface area contributed by atoms with Gasteiger partial charge in [-0.2, -0.15) is 0 Å². The van der Waals surface area contributed by atoms with Crippen LogP contribution in [0.1, 0.15) is 34.1 Å². The van der Waals surface area contributed by atoms with E-state index in [1.165, 1.54) is 19.1 Å². The minimum Gasteiger partial charge on any atom is -0.497 e. The molecule has 208 valence electrons. The third-order valence-corrected chi connectivity index (χ3v) is 7.44. The normalized spacial score (nSPS) is 20.4. The number of hydrogen-bond acceptors (Lipinski definition) is 8. The first-order valence-electron chi connectivity index (χ1n) is 13.0. The molecule has 3 N–H and O–H groups in total. The molecule has 3 aliphatic rings. The molecule has 1 aromatic carbocycles. The Kier molecular flexibility index (Phi) is 7.32. The monoisotopic (exact) mass is 545 g/mol. The SMILES string of the molecule is CCN1CCN(C(=N)c2cnc(C#C[C@]3(CN4Cc5ccc(OC)cc5C4=O)NC(=O)NC3=O)c(OC)c2)CC1. The molecule has 3 aliphatic heterocycles. The van der Waals surface area contributed by atoms with Gasteiger partial charge in [-0.1, -0.05) is 18.9 Å². The zero-order chi connectivity index (χ0) is 28.4. The van der Waals surface area contributed by atoms with Crippen LogP contribution in [-0.2, 0) is 11.3 Å². The van der Waals surface area contributed by atoms with Crippen LogP contribution in [0.2, 0.25) is 0 Å². The van der Waals surface area contributed by atoms with Gasteiger partial charge >= 0.3 is 6.03 Å². The van der Waals surface area contributed by atoms with E-state index in [1.54, 1.807) is 30.5 Å². The fourth-order valence-corrected chi connectivity index (χ4v) is 5.07. The molecule has 0 saturated carbocycles. The van der Waals surface area contributed by atoms with E-state index in [2.05, 4.69) is 39.3 Å². The van der Waals surface area contributed by atoms with Gasteiger partial charge < -0.3 is 29.5 Å². The summed E-state index contributed by atoms with van der Waals surface area (Å²) in [5, 5.41) is 13.5. The minimum atomic E-state index is -1.68. The summed E-state index contributed by atoms with van der Waals surface area (Å²) in [6.07, 6.45) is 1.55. The molecule has 1 atom stereocenters. The third kappa shape index (κ3) is 5.03. The third-order valence-electron chi connectivity index (χ3n) is 7.44. The number of pyridine rings is 1. The Bertz CT molecular complexity index is 1440. The molecule has 40 heavy (non-hydrogen) atoms. The summed E-state index contributed by atoms with van der Waals surface area (Å²) in [6, 6.07) is 6.22. The van der Waals surface area contributed by atoms with E-state index >= 15 is 0 Å². The van der Waals surface area contributed by atoms with Gasteiger partial charge in [0, 0.05) is 50.0 Å². The quantitative estimate of drug-likeness (QED) is 0.208. The number of nitrogens with zero attached hydrogens (tertiary/aromatic N) is 4.